The van der Waals surface area contributed by atoms with E-state index in [-0.39, 0.29) is 0 Å². The van der Waals surface area contributed by atoms with Crippen LogP contribution in [-0.2, 0) is 4.74 Å². The number of anilines is 2. The lowest BCUT2D eigenvalue weighted by molar-refractivity contribution is 0.0525. The maximum atomic E-state index is 5.64. The van der Waals surface area contributed by atoms with Gasteiger partial charge in [0.05, 0.1) is 6.10 Å². The molecule has 0 amide bonds. The molecular formula is C11H18N4O. The van der Waals surface area contributed by atoms with E-state index in [9.17, 15) is 0 Å². The third-order valence-electron chi connectivity index (χ3n) is 2.78. The van der Waals surface area contributed by atoms with E-state index in [2.05, 4.69) is 15.1 Å². The van der Waals surface area contributed by atoms with Gasteiger partial charge in [-0.1, -0.05) is 0 Å². The first kappa shape index (κ1) is 11.1. The van der Waals surface area contributed by atoms with Crippen molar-refractivity contribution in [2.75, 3.05) is 30.3 Å². The molecule has 0 aliphatic carbocycles. The van der Waals surface area contributed by atoms with Crippen molar-refractivity contribution in [3.8, 4) is 0 Å². The number of aromatic nitrogens is 2. The van der Waals surface area contributed by atoms with Crippen LogP contribution in [-0.4, -0.2) is 36.0 Å². The molecule has 1 fully saturated rings. The SMILES string of the molecule is CCOC1CCCN(c2ccc(N)nn2)C1. The molecule has 1 aliphatic rings. The molecule has 0 saturated carbocycles. The van der Waals surface area contributed by atoms with E-state index >= 15 is 0 Å². The lowest BCUT2D eigenvalue weighted by atomic mass is 10.1. The summed E-state index contributed by atoms with van der Waals surface area (Å²) in [6, 6.07) is 3.70. The van der Waals surface area contributed by atoms with Gasteiger partial charge in [-0.25, -0.2) is 0 Å². The summed E-state index contributed by atoms with van der Waals surface area (Å²) in [6.45, 7) is 4.71. The number of hydrogen-bond donors (Lipinski definition) is 1. The van der Waals surface area contributed by atoms with Crippen molar-refractivity contribution in [2.24, 2.45) is 0 Å². The third kappa shape index (κ3) is 2.61. The minimum Gasteiger partial charge on any atom is -0.382 e. The predicted molar refractivity (Wildman–Crippen MR) is 63.3 cm³/mol. The quantitative estimate of drug-likeness (QED) is 0.828. The Morgan fingerprint density at radius 3 is 3.06 bits per heavy atom. The Bertz CT molecular complexity index is 325. The van der Waals surface area contributed by atoms with Crippen LogP contribution in [0.3, 0.4) is 0 Å². The van der Waals surface area contributed by atoms with Gasteiger partial charge < -0.3 is 15.4 Å². The molecule has 16 heavy (non-hydrogen) atoms. The molecule has 88 valence electrons. The Kier molecular flexibility index (Phi) is 3.56. The van der Waals surface area contributed by atoms with Gasteiger partial charge in [0.25, 0.3) is 0 Å². The first-order valence-electron chi connectivity index (χ1n) is 5.75. The molecule has 1 saturated heterocycles. The van der Waals surface area contributed by atoms with Crippen LogP contribution in [0.25, 0.3) is 0 Å². The molecule has 0 spiro atoms. The number of piperidine rings is 1. The van der Waals surface area contributed by atoms with Gasteiger partial charge in [0, 0.05) is 19.7 Å². The average molecular weight is 222 g/mol. The lowest BCUT2D eigenvalue weighted by Crippen LogP contribution is -2.40. The van der Waals surface area contributed by atoms with Crippen LogP contribution >= 0.6 is 0 Å². The highest BCUT2D eigenvalue weighted by molar-refractivity contribution is 5.41. The van der Waals surface area contributed by atoms with Crippen LogP contribution in [0.2, 0.25) is 0 Å². The van der Waals surface area contributed by atoms with Gasteiger partial charge in [-0.05, 0) is 31.9 Å². The number of nitrogens with zero attached hydrogens (tertiary/aromatic N) is 3. The molecular weight excluding hydrogens is 204 g/mol. The smallest absolute Gasteiger partial charge is 0.151 e. The van der Waals surface area contributed by atoms with E-state index in [1.807, 2.05) is 13.0 Å². The first-order valence-corrected chi connectivity index (χ1v) is 5.75. The topological polar surface area (TPSA) is 64.3 Å². The van der Waals surface area contributed by atoms with Gasteiger partial charge in [0.1, 0.15) is 5.82 Å². The summed E-state index contributed by atoms with van der Waals surface area (Å²) in [5.41, 5.74) is 5.51. The first-order chi connectivity index (χ1) is 7.79. The van der Waals surface area contributed by atoms with Gasteiger partial charge in [-0.2, -0.15) is 0 Å². The van der Waals surface area contributed by atoms with Crippen molar-refractivity contribution < 1.29 is 4.74 Å². The van der Waals surface area contributed by atoms with Gasteiger partial charge in [-0.15, -0.1) is 10.2 Å². The number of nitrogen functional groups attached to an aromatic ring is 1. The summed E-state index contributed by atoms with van der Waals surface area (Å²) in [7, 11) is 0. The Labute approximate surface area is 95.6 Å². The Morgan fingerprint density at radius 2 is 2.38 bits per heavy atom. The van der Waals surface area contributed by atoms with Crippen molar-refractivity contribution in [3.63, 3.8) is 0 Å². The van der Waals surface area contributed by atoms with Crippen molar-refractivity contribution in [1.29, 1.82) is 0 Å². The van der Waals surface area contributed by atoms with Crippen LogP contribution in [0.1, 0.15) is 19.8 Å². The summed E-state index contributed by atoms with van der Waals surface area (Å²) in [6.07, 6.45) is 2.59. The van der Waals surface area contributed by atoms with Gasteiger partial charge in [0.15, 0.2) is 5.82 Å². The zero-order chi connectivity index (χ0) is 11.4. The molecule has 0 radical (unpaired) electrons. The van der Waals surface area contributed by atoms with E-state index in [1.54, 1.807) is 6.07 Å². The number of rotatable bonds is 3. The molecule has 1 aliphatic heterocycles. The second-order valence-electron chi connectivity index (χ2n) is 3.98. The van der Waals surface area contributed by atoms with Gasteiger partial charge in [-0.3, -0.25) is 0 Å². The monoisotopic (exact) mass is 222 g/mol. The highest BCUT2D eigenvalue weighted by Crippen LogP contribution is 2.19. The molecule has 1 atom stereocenters. The third-order valence-corrected chi connectivity index (χ3v) is 2.78. The molecule has 0 bridgehead atoms. The second-order valence-corrected chi connectivity index (χ2v) is 3.98. The predicted octanol–water partition coefficient (Wildman–Crippen LogP) is 1.06. The standard InChI is InChI=1S/C11H18N4O/c1-2-16-9-4-3-7-15(8-9)11-6-5-10(12)13-14-11/h5-6,9H,2-4,7-8H2,1H3,(H2,12,13). The van der Waals surface area contributed by atoms with E-state index < -0.39 is 0 Å². The summed E-state index contributed by atoms with van der Waals surface area (Å²) >= 11 is 0. The molecule has 0 aromatic carbocycles. The van der Waals surface area contributed by atoms with Crippen molar-refractivity contribution in [1.82, 2.24) is 10.2 Å². The summed E-state index contributed by atoms with van der Waals surface area (Å²) in [5, 5.41) is 7.96. The number of hydrogen-bond acceptors (Lipinski definition) is 5. The molecule has 1 aromatic rings. The van der Waals surface area contributed by atoms with Crippen LogP contribution < -0.4 is 10.6 Å². The fourth-order valence-corrected chi connectivity index (χ4v) is 2.02. The Morgan fingerprint density at radius 1 is 1.50 bits per heavy atom. The molecule has 2 rings (SSSR count). The Hall–Kier alpha value is -1.36. The lowest BCUT2D eigenvalue weighted by Gasteiger charge is -2.32. The van der Waals surface area contributed by atoms with E-state index in [0.29, 0.717) is 11.9 Å². The maximum absolute atomic E-state index is 5.64. The molecule has 2 N–H and O–H groups in total. The van der Waals surface area contributed by atoms with Crippen molar-refractivity contribution >= 4 is 11.6 Å². The maximum Gasteiger partial charge on any atom is 0.151 e. The van der Waals surface area contributed by atoms with E-state index in [1.165, 1.54) is 0 Å². The number of ether oxygens (including phenoxy) is 1. The van der Waals surface area contributed by atoms with Gasteiger partial charge >= 0.3 is 0 Å². The van der Waals surface area contributed by atoms with E-state index in [0.717, 1.165) is 38.4 Å². The molecule has 5 heteroatoms. The highest BCUT2D eigenvalue weighted by atomic mass is 16.5. The largest absolute Gasteiger partial charge is 0.382 e. The number of nitrogens with two attached hydrogens (primary N) is 1. The zero-order valence-electron chi connectivity index (χ0n) is 9.59. The van der Waals surface area contributed by atoms with Crippen LogP contribution in [0.4, 0.5) is 11.6 Å². The summed E-state index contributed by atoms with van der Waals surface area (Å²) in [5.74, 6) is 1.35. The normalized spacial score (nSPS) is 21.1. The minimum absolute atomic E-state index is 0.318. The van der Waals surface area contributed by atoms with Crippen molar-refractivity contribution in [2.45, 2.75) is 25.9 Å². The van der Waals surface area contributed by atoms with Crippen LogP contribution in [0.5, 0.6) is 0 Å². The molecule has 1 unspecified atom stereocenters. The summed E-state index contributed by atoms with van der Waals surface area (Å²) in [4.78, 5) is 2.20. The zero-order valence-corrected chi connectivity index (χ0v) is 9.59. The minimum atomic E-state index is 0.318. The van der Waals surface area contributed by atoms with Crippen LogP contribution in [0.15, 0.2) is 12.1 Å². The highest BCUT2D eigenvalue weighted by Gasteiger charge is 2.21. The van der Waals surface area contributed by atoms with Gasteiger partial charge in [0.2, 0.25) is 0 Å². The molecule has 5 nitrogen and oxygen atoms in total. The van der Waals surface area contributed by atoms with E-state index in [4.69, 9.17) is 10.5 Å². The average Bonchev–Trinajstić information content (AvgIpc) is 2.31. The summed E-state index contributed by atoms with van der Waals surface area (Å²) < 4.78 is 5.64. The van der Waals surface area contributed by atoms with Crippen LogP contribution in [0, 0.1) is 0 Å². The fourth-order valence-electron chi connectivity index (χ4n) is 2.02. The molecule has 2 heterocycles. The Balaban J connectivity index is 2.01. The molecule has 1 aromatic heterocycles. The fraction of sp³-hybridized carbons (Fsp3) is 0.636. The second kappa shape index (κ2) is 5.12. The van der Waals surface area contributed by atoms with Crippen molar-refractivity contribution in [3.05, 3.63) is 12.1 Å².